The highest BCUT2D eigenvalue weighted by Gasteiger charge is 2.08. The van der Waals surface area contributed by atoms with Crippen molar-refractivity contribution >= 4 is 23.1 Å². The van der Waals surface area contributed by atoms with Gasteiger partial charge in [-0.1, -0.05) is 37.3 Å². The Balaban J connectivity index is 1.98. The summed E-state index contributed by atoms with van der Waals surface area (Å²) in [7, 11) is 0. The molecule has 2 N–H and O–H groups in total. The Morgan fingerprint density at radius 3 is 2.83 bits per heavy atom. The van der Waals surface area contributed by atoms with E-state index < -0.39 is 0 Å². The van der Waals surface area contributed by atoms with Gasteiger partial charge in [-0.25, -0.2) is 4.98 Å². The lowest BCUT2D eigenvalue weighted by molar-refractivity contribution is 0.745. The molecule has 0 saturated heterocycles. The number of nitrogens with zero attached hydrogens (tertiary/aromatic N) is 1. The Bertz CT molecular complexity index is 468. The Morgan fingerprint density at radius 1 is 1.33 bits per heavy atom. The first-order valence-corrected chi connectivity index (χ1v) is 8.16. The zero-order valence-electron chi connectivity index (χ0n) is 10.5. The van der Waals surface area contributed by atoms with Gasteiger partial charge in [-0.3, -0.25) is 0 Å². The molecule has 2 rings (SSSR count). The van der Waals surface area contributed by atoms with Crippen LogP contribution < -0.4 is 5.73 Å². The van der Waals surface area contributed by atoms with Gasteiger partial charge in [-0.2, -0.15) is 11.8 Å². The second kappa shape index (κ2) is 6.92. The molecule has 0 bridgehead atoms. The van der Waals surface area contributed by atoms with E-state index in [1.54, 1.807) is 11.3 Å². The van der Waals surface area contributed by atoms with Crippen LogP contribution in [0.25, 0.3) is 11.3 Å². The third kappa shape index (κ3) is 3.83. The smallest absolute Gasteiger partial charge is 0.0948 e. The number of thioether (sulfide) groups is 1. The number of hydrogen-bond acceptors (Lipinski definition) is 4. The van der Waals surface area contributed by atoms with Crippen molar-refractivity contribution in [1.82, 2.24) is 4.98 Å². The first-order valence-electron chi connectivity index (χ1n) is 6.12. The van der Waals surface area contributed by atoms with Gasteiger partial charge in [0.1, 0.15) is 0 Å². The maximum atomic E-state index is 6.09. The molecule has 1 aromatic heterocycles. The number of aromatic nitrogens is 1. The molecular formula is C14H18N2S2. The van der Waals surface area contributed by atoms with E-state index in [4.69, 9.17) is 5.73 Å². The van der Waals surface area contributed by atoms with Crippen molar-refractivity contribution in [2.45, 2.75) is 19.4 Å². The van der Waals surface area contributed by atoms with Gasteiger partial charge in [0.2, 0.25) is 0 Å². The van der Waals surface area contributed by atoms with E-state index in [0.29, 0.717) is 0 Å². The Labute approximate surface area is 117 Å². The number of thiazole rings is 1. The fourth-order valence-corrected chi connectivity index (χ4v) is 3.25. The van der Waals surface area contributed by atoms with Crippen LogP contribution in [0.3, 0.4) is 0 Å². The van der Waals surface area contributed by atoms with Gasteiger partial charge in [0.15, 0.2) is 0 Å². The summed E-state index contributed by atoms with van der Waals surface area (Å²) in [5.41, 5.74) is 8.32. The first-order chi connectivity index (χ1) is 8.79. The van der Waals surface area contributed by atoms with Gasteiger partial charge in [0.05, 0.1) is 10.7 Å². The Hall–Kier alpha value is -0.840. The molecular weight excluding hydrogens is 260 g/mol. The molecule has 2 nitrogen and oxygen atoms in total. The molecule has 0 aliphatic heterocycles. The largest absolute Gasteiger partial charge is 0.327 e. The van der Waals surface area contributed by atoms with E-state index in [1.807, 2.05) is 30.0 Å². The fourth-order valence-electron chi connectivity index (χ4n) is 1.70. The second-order valence-corrected chi connectivity index (χ2v) is 6.38. The lowest BCUT2D eigenvalue weighted by Crippen LogP contribution is -2.25. The summed E-state index contributed by atoms with van der Waals surface area (Å²) in [5, 5.41) is 3.25. The van der Waals surface area contributed by atoms with Crippen LogP contribution in [0, 0.1) is 0 Å². The molecule has 0 amide bonds. The number of nitrogens with two attached hydrogens (primary N) is 1. The van der Waals surface area contributed by atoms with Gasteiger partial charge in [0.25, 0.3) is 0 Å². The standard InChI is InChI=1S/C14H18N2S2/c1-2-17-9-12(15)8-14-16-13(10-18-14)11-6-4-3-5-7-11/h3-7,10,12H,2,8-9,15H2,1H3. The molecule has 0 saturated carbocycles. The third-order valence-corrected chi connectivity index (χ3v) is 4.54. The van der Waals surface area contributed by atoms with Crippen molar-refractivity contribution in [2.75, 3.05) is 11.5 Å². The van der Waals surface area contributed by atoms with Crippen molar-refractivity contribution in [3.05, 3.63) is 40.7 Å². The molecule has 1 heterocycles. The minimum absolute atomic E-state index is 0.213. The molecule has 1 unspecified atom stereocenters. The van der Waals surface area contributed by atoms with E-state index in [1.165, 1.54) is 5.56 Å². The van der Waals surface area contributed by atoms with Gasteiger partial charge in [-0.05, 0) is 5.75 Å². The van der Waals surface area contributed by atoms with Crippen molar-refractivity contribution in [1.29, 1.82) is 0 Å². The highest BCUT2D eigenvalue weighted by Crippen LogP contribution is 2.22. The molecule has 4 heteroatoms. The average molecular weight is 278 g/mol. The number of hydrogen-bond donors (Lipinski definition) is 1. The van der Waals surface area contributed by atoms with E-state index in [2.05, 4.69) is 29.4 Å². The zero-order valence-corrected chi connectivity index (χ0v) is 12.1. The minimum Gasteiger partial charge on any atom is -0.327 e. The zero-order chi connectivity index (χ0) is 12.8. The molecule has 0 aliphatic carbocycles. The fraction of sp³-hybridized carbons (Fsp3) is 0.357. The maximum absolute atomic E-state index is 6.09. The first kappa shape index (κ1) is 13.6. The van der Waals surface area contributed by atoms with E-state index in [-0.39, 0.29) is 6.04 Å². The summed E-state index contributed by atoms with van der Waals surface area (Å²) in [6.45, 7) is 2.16. The van der Waals surface area contributed by atoms with Crippen molar-refractivity contribution in [2.24, 2.45) is 5.73 Å². The molecule has 0 fully saturated rings. The van der Waals surface area contributed by atoms with Crippen molar-refractivity contribution in [3.63, 3.8) is 0 Å². The van der Waals surface area contributed by atoms with Crippen molar-refractivity contribution in [3.8, 4) is 11.3 Å². The normalized spacial score (nSPS) is 12.6. The molecule has 96 valence electrons. The summed E-state index contributed by atoms with van der Waals surface area (Å²) in [6.07, 6.45) is 0.879. The van der Waals surface area contributed by atoms with Crippen LogP contribution in [0.15, 0.2) is 35.7 Å². The SMILES string of the molecule is CCSCC(N)Cc1nc(-c2ccccc2)cs1. The molecule has 2 aromatic rings. The van der Waals surface area contributed by atoms with Gasteiger partial charge in [0, 0.05) is 29.2 Å². The van der Waals surface area contributed by atoms with E-state index in [9.17, 15) is 0 Å². The van der Waals surface area contributed by atoms with Gasteiger partial charge < -0.3 is 5.73 Å². The molecule has 0 radical (unpaired) electrons. The van der Waals surface area contributed by atoms with Crippen LogP contribution in [0.4, 0.5) is 0 Å². The predicted octanol–water partition coefficient (Wildman–Crippen LogP) is 3.43. The Kier molecular flexibility index (Phi) is 5.23. The lowest BCUT2D eigenvalue weighted by atomic mass is 10.2. The predicted molar refractivity (Wildman–Crippen MR) is 82.2 cm³/mol. The highest BCUT2D eigenvalue weighted by atomic mass is 32.2. The topological polar surface area (TPSA) is 38.9 Å². The molecule has 0 aliphatic rings. The lowest BCUT2D eigenvalue weighted by Gasteiger charge is -2.07. The highest BCUT2D eigenvalue weighted by molar-refractivity contribution is 7.99. The van der Waals surface area contributed by atoms with Crippen LogP contribution in [-0.4, -0.2) is 22.5 Å². The number of rotatable bonds is 6. The minimum atomic E-state index is 0.213. The summed E-state index contributed by atoms with van der Waals surface area (Å²) >= 11 is 3.60. The van der Waals surface area contributed by atoms with Gasteiger partial charge >= 0.3 is 0 Å². The molecule has 1 atom stereocenters. The maximum Gasteiger partial charge on any atom is 0.0948 e. The number of benzene rings is 1. The quantitative estimate of drug-likeness (QED) is 0.880. The summed E-state index contributed by atoms with van der Waals surface area (Å²) < 4.78 is 0. The van der Waals surface area contributed by atoms with Gasteiger partial charge in [-0.15, -0.1) is 11.3 Å². The van der Waals surface area contributed by atoms with E-state index >= 15 is 0 Å². The summed E-state index contributed by atoms with van der Waals surface area (Å²) in [6, 6.07) is 10.5. The monoisotopic (exact) mass is 278 g/mol. The Morgan fingerprint density at radius 2 is 2.11 bits per heavy atom. The summed E-state index contributed by atoms with van der Waals surface area (Å²) in [4.78, 5) is 4.66. The summed E-state index contributed by atoms with van der Waals surface area (Å²) in [5.74, 6) is 2.14. The van der Waals surface area contributed by atoms with Crippen molar-refractivity contribution < 1.29 is 0 Å². The molecule has 0 spiro atoms. The van der Waals surface area contributed by atoms with Crippen LogP contribution in [0.5, 0.6) is 0 Å². The van der Waals surface area contributed by atoms with Crippen LogP contribution in [-0.2, 0) is 6.42 Å². The van der Waals surface area contributed by atoms with Crippen LogP contribution in [0.1, 0.15) is 11.9 Å². The molecule has 1 aromatic carbocycles. The third-order valence-electron chi connectivity index (χ3n) is 2.59. The molecule has 18 heavy (non-hydrogen) atoms. The van der Waals surface area contributed by atoms with Crippen LogP contribution in [0.2, 0.25) is 0 Å². The van der Waals surface area contributed by atoms with Crippen LogP contribution >= 0.6 is 23.1 Å². The van der Waals surface area contributed by atoms with E-state index in [0.717, 1.165) is 28.6 Å². The average Bonchev–Trinajstić information content (AvgIpc) is 2.86. The second-order valence-electron chi connectivity index (χ2n) is 4.12.